The summed E-state index contributed by atoms with van der Waals surface area (Å²) >= 11 is 0. The summed E-state index contributed by atoms with van der Waals surface area (Å²) in [4.78, 5) is 4.89. The van der Waals surface area contributed by atoms with E-state index in [4.69, 9.17) is 4.98 Å². The molecule has 1 atom stereocenters. The zero-order chi connectivity index (χ0) is 18.2. The lowest BCUT2D eigenvalue weighted by atomic mass is 9.72. The van der Waals surface area contributed by atoms with Crippen molar-refractivity contribution in [3.63, 3.8) is 0 Å². The first kappa shape index (κ1) is 14.9. The lowest BCUT2D eigenvalue weighted by Gasteiger charge is -2.29. The van der Waals surface area contributed by atoms with Gasteiger partial charge in [-0.25, -0.2) is 0 Å². The molecule has 2 aliphatic rings. The Balaban J connectivity index is 1.89. The molecular weight excluding hydrogens is 326 g/mol. The van der Waals surface area contributed by atoms with Crippen molar-refractivity contribution in [1.82, 2.24) is 4.98 Å². The Bertz CT molecular complexity index is 1250. The van der Waals surface area contributed by atoms with Crippen LogP contribution in [0.5, 0.6) is 0 Å². The van der Waals surface area contributed by atoms with Gasteiger partial charge in [0.15, 0.2) is 0 Å². The molecule has 0 fully saturated rings. The van der Waals surface area contributed by atoms with Crippen molar-refractivity contribution < 1.29 is 0 Å². The smallest absolute Gasteiger partial charge is 0.0783 e. The Hall–Kier alpha value is -3.19. The van der Waals surface area contributed by atoms with Crippen molar-refractivity contribution >= 4 is 0 Å². The van der Waals surface area contributed by atoms with Gasteiger partial charge in [0.2, 0.25) is 0 Å². The van der Waals surface area contributed by atoms with Gasteiger partial charge in [0.25, 0.3) is 0 Å². The number of hydrogen-bond acceptors (Lipinski definition) is 1. The van der Waals surface area contributed by atoms with E-state index in [9.17, 15) is 0 Å². The van der Waals surface area contributed by atoms with Gasteiger partial charge in [-0.05, 0) is 58.9 Å². The van der Waals surface area contributed by atoms with Gasteiger partial charge in [0, 0.05) is 22.7 Å². The molecule has 27 heavy (non-hydrogen) atoms. The number of hydrogen-bond donors (Lipinski definition) is 0. The minimum atomic E-state index is -0.173. The monoisotopic (exact) mass is 345 g/mol. The maximum absolute atomic E-state index is 4.89. The number of fused-ring (bicyclic) bond motifs is 8. The molecule has 4 aromatic rings. The lowest BCUT2D eigenvalue weighted by Crippen LogP contribution is -2.23. The van der Waals surface area contributed by atoms with E-state index >= 15 is 0 Å². The number of pyridine rings is 1. The molecular formula is C26H19N. The molecule has 0 spiro atoms. The van der Waals surface area contributed by atoms with Crippen LogP contribution >= 0.6 is 0 Å². The Labute approximate surface area is 159 Å². The molecule has 1 aromatic heterocycles. The Morgan fingerprint density at radius 3 is 2.04 bits per heavy atom. The molecule has 1 heterocycles. The summed E-state index contributed by atoms with van der Waals surface area (Å²) in [7, 11) is 0. The maximum atomic E-state index is 4.89. The average Bonchev–Trinajstić information content (AvgIpc) is 2.93. The van der Waals surface area contributed by atoms with Gasteiger partial charge in [-0.1, -0.05) is 66.7 Å². The van der Waals surface area contributed by atoms with Crippen LogP contribution in [0.15, 0.2) is 79.0 Å². The van der Waals surface area contributed by atoms with E-state index in [1.165, 1.54) is 50.1 Å². The van der Waals surface area contributed by atoms with E-state index in [2.05, 4.69) is 86.6 Å². The Morgan fingerprint density at radius 1 is 0.667 bits per heavy atom. The summed E-state index contributed by atoms with van der Waals surface area (Å²) < 4.78 is 0. The van der Waals surface area contributed by atoms with Crippen LogP contribution in [-0.4, -0.2) is 4.98 Å². The summed E-state index contributed by atoms with van der Waals surface area (Å²) in [5, 5.41) is 0. The van der Waals surface area contributed by atoms with Crippen LogP contribution in [0.4, 0.5) is 0 Å². The largest absolute Gasteiger partial charge is 0.255 e. The van der Waals surface area contributed by atoms with Crippen LogP contribution in [0, 0.1) is 6.92 Å². The molecule has 0 radical (unpaired) electrons. The quantitative estimate of drug-likeness (QED) is 0.361. The first-order valence-electron chi connectivity index (χ1n) is 9.50. The van der Waals surface area contributed by atoms with Gasteiger partial charge in [0.1, 0.15) is 0 Å². The van der Waals surface area contributed by atoms with E-state index in [0.717, 1.165) is 5.69 Å². The first-order chi connectivity index (χ1) is 13.2. The van der Waals surface area contributed by atoms with Gasteiger partial charge in [-0.3, -0.25) is 4.98 Å². The lowest BCUT2D eigenvalue weighted by molar-refractivity contribution is 0.719. The van der Waals surface area contributed by atoms with Gasteiger partial charge in [-0.15, -0.1) is 0 Å². The minimum absolute atomic E-state index is 0.173. The van der Waals surface area contributed by atoms with Gasteiger partial charge in [0.05, 0.1) is 5.69 Å². The zero-order valence-electron chi connectivity index (χ0n) is 15.5. The van der Waals surface area contributed by atoms with Crippen molar-refractivity contribution in [2.75, 3.05) is 0 Å². The number of aromatic nitrogens is 1. The third-order valence-electron chi connectivity index (χ3n) is 6.36. The summed E-state index contributed by atoms with van der Waals surface area (Å²) in [6.07, 6.45) is 1.99. The third kappa shape index (κ3) is 1.72. The van der Waals surface area contributed by atoms with Crippen molar-refractivity contribution in [2.45, 2.75) is 19.3 Å². The third-order valence-corrected chi connectivity index (χ3v) is 6.36. The molecule has 1 unspecified atom stereocenters. The molecule has 0 saturated carbocycles. The number of benzene rings is 3. The Kier molecular flexibility index (Phi) is 2.74. The fourth-order valence-electron chi connectivity index (χ4n) is 5.22. The highest BCUT2D eigenvalue weighted by molar-refractivity contribution is 5.97. The minimum Gasteiger partial charge on any atom is -0.255 e. The molecule has 128 valence electrons. The molecule has 0 amide bonds. The normalized spacial score (nSPS) is 18.1. The topological polar surface area (TPSA) is 12.9 Å². The summed E-state index contributed by atoms with van der Waals surface area (Å²) in [5.74, 6) is 0. The molecule has 0 aliphatic heterocycles. The molecule has 1 heteroatoms. The van der Waals surface area contributed by atoms with Crippen molar-refractivity contribution in [3.05, 3.63) is 101 Å². The second kappa shape index (κ2) is 4.95. The standard InChI is InChI=1S/C26H19N/c1-16-14-21-19-11-7-10-18-17-8-3-5-12-22(17)26(2,24(18)19)23-13-6-4-9-20(23)25(21)27-15-16/h3-15H,1-2H3. The predicted molar refractivity (Wildman–Crippen MR) is 111 cm³/mol. The van der Waals surface area contributed by atoms with E-state index < -0.39 is 0 Å². The second-order valence-electron chi connectivity index (χ2n) is 7.85. The fraction of sp³-hybridized carbons (Fsp3) is 0.115. The number of rotatable bonds is 0. The summed E-state index contributed by atoms with van der Waals surface area (Å²) in [6.45, 7) is 4.51. The highest BCUT2D eigenvalue weighted by Crippen LogP contribution is 2.59. The molecule has 1 nitrogen and oxygen atoms in total. The van der Waals surface area contributed by atoms with E-state index in [1.54, 1.807) is 0 Å². The maximum Gasteiger partial charge on any atom is 0.0783 e. The molecule has 0 N–H and O–H groups in total. The molecule has 3 aromatic carbocycles. The predicted octanol–water partition coefficient (Wildman–Crippen LogP) is 6.37. The van der Waals surface area contributed by atoms with E-state index in [-0.39, 0.29) is 5.41 Å². The zero-order valence-corrected chi connectivity index (χ0v) is 15.5. The molecule has 0 bridgehead atoms. The van der Waals surface area contributed by atoms with Gasteiger partial charge in [-0.2, -0.15) is 0 Å². The van der Waals surface area contributed by atoms with Crippen LogP contribution in [0.3, 0.4) is 0 Å². The van der Waals surface area contributed by atoms with Gasteiger partial charge < -0.3 is 0 Å². The highest BCUT2D eigenvalue weighted by Gasteiger charge is 2.45. The van der Waals surface area contributed by atoms with Crippen LogP contribution < -0.4 is 0 Å². The van der Waals surface area contributed by atoms with Gasteiger partial charge >= 0.3 is 0 Å². The Morgan fingerprint density at radius 2 is 1.26 bits per heavy atom. The van der Waals surface area contributed by atoms with E-state index in [1.807, 2.05) is 6.20 Å². The second-order valence-corrected chi connectivity index (χ2v) is 7.85. The SMILES string of the molecule is Cc1cnc2c(c1)-c1cccc3c1C(C)(c1ccccc1-3)c1ccccc1-2. The van der Waals surface area contributed by atoms with Crippen molar-refractivity contribution in [2.24, 2.45) is 0 Å². The average molecular weight is 345 g/mol. The molecule has 6 rings (SSSR count). The highest BCUT2D eigenvalue weighted by atomic mass is 14.7. The van der Waals surface area contributed by atoms with Crippen molar-refractivity contribution in [1.29, 1.82) is 0 Å². The van der Waals surface area contributed by atoms with Crippen molar-refractivity contribution in [3.8, 4) is 33.5 Å². The van der Waals surface area contributed by atoms with Crippen LogP contribution in [0.1, 0.15) is 29.2 Å². The summed E-state index contributed by atoms with van der Waals surface area (Å²) in [5.41, 5.74) is 12.8. The molecule has 0 saturated heterocycles. The fourth-order valence-corrected chi connectivity index (χ4v) is 5.22. The summed E-state index contributed by atoms with van der Waals surface area (Å²) in [6, 6.07) is 26.7. The number of nitrogens with zero attached hydrogens (tertiary/aromatic N) is 1. The first-order valence-corrected chi connectivity index (χ1v) is 9.50. The van der Waals surface area contributed by atoms with Crippen LogP contribution in [0.25, 0.3) is 33.5 Å². The number of aryl methyl sites for hydroxylation is 1. The van der Waals surface area contributed by atoms with Crippen LogP contribution in [-0.2, 0) is 5.41 Å². The van der Waals surface area contributed by atoms with Crippen LogP contribution in [0.2, 0.25) is 0 Å². The molecule has 2 aliphatic carbocycles. The van der Waals surface area contributed by atoms with E-state index in [0.29, 0.717) is 0 Å².